The van der Waals surface area contributed by atoms with Gasteiger partial charge in [0.2, 0.25) is 0 Å². The van der Waals surface area contributed by atoms with Crippen molar-refractivity contribution < 1.29 is 9.47 Å². The van der Waals surface area contributed by atoms with Gasteiger partial charge in [-0.25, -0.2) is 0 Å². The Kier molecular flexibility index (Phi) is 10.2. The van der Waals surface area contributed by atoms with Crippen molar-refractivity contribution in [2.24, 2.45) is 0 Å². The Bertz CT molecular complexity index is 625. The van der Waals surface area contributed by atoms with Crippen LogP contribution in [0, 0.1) is 0 Å². The van der Waals surface area contributed by atoms with Gasteiger partial charge in [-0.15, -0.1) is 0 Å². The van der Waals surface area contributed by atoms with Crippen molar-refractivity contribution in [3.05, 3.63) is 54.1 Å². The molecule has 0 bridgehead atoms. The second kappa shape index (κ2) is 13.1. The number of hydrogen-bond acceptors (Lipinski definition) is 3. The molecule has 0 aliphatic rings. The summed E-state index contributed by atoms with van der Waals surface area (Å²) >= 11 is 0. The van der Waals surface area contributed by atoms with Crippen molar-refractivity contribution in [1.82, 2.24) is 0 Å². The molecule has 0 amide bonds. The maximum atomic E-state index is 5.86. The fraction of sp³-hybridized carbons (Fsp3) is 0.500. The highest BCUT2D eigenvalue weighted by molar-refractivity contribution is 5.48. The Hall–Kier alpha value is -2.16. The Labute approximate surface area is 165 Å². The summed E-state index contributed by atoms with van der Waals surface area (Å²) in [7, 11) is 0. The molecule has 1 N–H and O–H groups in total. The molecular weight excluding hydrogens is 334 g/mol. The van der Waals surface area contributed by atoms with Crippen molar-refractivity contribution in [3.8, 4) is 11.5 Å². The number of benzene rings is 2. The van der Waals surface area contributed by atoms with Crippen molar-refractivity contribution in [2.45, 2.75) is 65.3 Å². The van der Waals surface area contributed by atoms with E-state index >= 15 is 0 Å². The fourth-order valence-electron chi connectivity index (χ4n) is 2.86. The van der Waals surface area contributed by atoms with Gasteiger partial charge in [-0.3, -0.25) is 0 Å². The molecule has 0 aliphatic heterocycles. The van der Waals surface area contributed by atoms with Gasteiger partial charge in [0.05, 0.1) is 13.2 Å². The molecule has 2 aromatic rings. The van der Waals surface area contributed by atoms with Crippen LogP contribution < -0.4 is 14.8 Å². The monoisotopic (exact) mass is 369 g/mol. The summed E-state index contributed by atoms with van der Waals surface area (Å²) in [6, 6.07) is 16.6. The molecule has 3 heteroatoms. The molecule has 0 saturated heterocycles. The normalized spacial score (nSPS) is 10.6. The standard InChI is InChI=1S/C24H35NO2/c1-3-5-7-9-18-27-24-12-10-11-22(19-24)25-20-21-13-15-23(16-14-21)26-17-8-6-4-2/h10-16,19,25H,3-9,17-18,20H2,1-2H3. The van der Waals surface area contributed by atoms with Crippen LogP contribution in [0.1, 0.15) is 64.4 Å². The van der Waals surface area contributed by atoms with Gasteiger partial charge < -0.3 is 14.8 Å². The highest BCUT2D eigenvalue weighted by Crippen LogP contribution is 2.19. The van der Waals surface area contributed by atoms with Crippen LogP contribution in [0.15, 0.2) is 48.5 Å². The first-order chi connectivity index (χ1) is 13.3. The van der Waals surface area contributed by atoms with Crippen LogP contribution in [0.2, 0.25) is 0 Å². The quantitative estimate of drug-likeness (QED) is 0.370. The van der Waals surface area contributed by atoms with Gasteiger partial charge >= 0.3 is 0 Å². The van der Waals surface area contributed by atoms with Gasteiger partial charge in [0.15, 0.2) is 0 Å². The minimum Gasteiger partial charge on any atom is -0.494 e. The molecule has 0 aromatic heterocycles. The van der Waals surface area contributed by atoms with Gasteiger partial charge in [0.25, 0.3) is 0 Å². The lowest BCUT2D eigenvalue weighted by Gasteiger charge is -2.11. The average Bonchev–Trinajstić information content (AvgIpc) is 2.71. The van der Waals surface area contributed by atoms with Crippen molar-refractivity contribution in [3.63, 3.8) is 0 Å². The smallest absolute Gasteiger partial charge is 0.121 e. The topological polar surface area (TPSA) is 30.5 Å². The Morgan fingerprint density at radius 2 is 1.37 bits per heavy atom. The van der Waals surface area contributed by atoms with Gasteiger partial charge in [0.1, 0.15) is 11.5 Å². The molecule has 27 heavy (non-hydrogen) atoms. The molecular formula is C24H35NO2. The van der Waals surface area contributed by atoms with Crippen LogP contribution in [0.4, 0.5) is 5.69 Å². The van der Waals surface area contributed by atoms with E-state index in [9.17, 15) is 0 Å². The molecule has 0 spiro atoms. The number of hydrogen-bond donors (Lipinski definition) is 1. The number of nitrogens with one attached hydrogen (secondary N) is 1. The Morgan fingerprint density at radius 1 is 0.704 bits per heavy atom. The van der Waals surface area contributed by atoms with Gasteiger partial charge in [-0.2, -0.15) is 0 Å². The van der Waals surface area contributed by atoms with Crippen LogP contribution in [-0.4, -0.2) is 13.2 Å². The third-order valence-corrected chi connectivity index (χ3v) is 4.54. The van der Waals surface area contributed by atoms with Crippen LogP contribution >= 0.6 is 0 Å². The van der Waals surface area contributed by atoms with E-state index in [-0.39, 0.29) is 0 Å². The van der Waals surface area contributed by atoms with E-state index < -0.39 is 0 Å². The maximum Gasteiger partial charge on any atom is 0.121 e. The highest BCUT2D eigenvalue weighted by Gasteiger charge is 1.99. The zero-order valence-electron chi connectivity index (χ0n) is 17.0. The van der Waals surface area contributed by atoms with Crippen LogP contribution in [0.5, 0.6) is 11.5 Å². The third kappa shape index (κ3) is 8.85. The molecule has 0 fully saturated rings. The van der Waals surface area contributed by atoms with Gasteiger partial charge in [-0.05, 0) is 42.7 Å². The molecule has 0 atom stereocenters. The average molecular weight is 370 g/mol. The minimum absolute atomic E-state index is 0.788. The van der Waals surface area contributed by atoms with E-state index in [1.807, 2.05) is 12.1 Å². The van der Waals surface area contributed by atoms with Crippen LogP contribution in [0.25, 0.3) is 0 Å². The maximum absolute atomic E-state index is 5.86. The van der Waals surface area contributed by atoms with E-state index in [2.05, 4.69) is 55.6 Å². The summed E-state index contributed by atoms with van der Waals surface area (Å²) in [5.74, 6) is 1.89. The molecule has 0 unspecified atom stereocenters. The fourth-order valence-corrected chi connectivity index (χ4v) is 2.86. The summed E-state index contributed by atoms with van der Waals surface area (Å²) in [6.07, 6.45) is 8.48. The van der Waals surface area contributed by atoms with Crippen LogP contribution in [0.3, 0.4) is 0 Å². The number of rotatable bonds is 14. The first-order valence-electron chi connectivity index (χ1n) is 10.5. The summed E-state index contributed by atoms with van der Waals surface area (Å²) in [5, 5.41) is 3.47. The lowest BCUT2D eigenvalue weighted by molar-refractivity contribution is 0.305. The van der Waals surface area contributed by atoms with E-state index in [1.165, 1.54) is 37.7 Å². The molecule has 0 heterocycles. The molecule has 0 aliphatic carbocycles. The number of anilines is 1. The summed E-state index contributed by atoms with van der Waals surface area (Å²) < 4.78 is 11.6. The molecule has 2 aromatic carbocycles. The predicted molar refractivity (Wildman–Crippen MR) is 115 cm³/mol. The van der Waals surface area contributed by atoms with E-state index in [0.717, 1.165) is 49.8 Å². The molecule has 0 radical (unpaired) electrons. The largest absolute Gasteiger partial charge is 0.494 e. The number of ether oxygens (including phenoxy) is 2. The second-order valence-corrected chi connectivity index (χ2v) is 6.99. The first-order valence-corrected chi connectivity index (χ1v) is 10.5. The zero-order chi connectivity index (χ0) is 19.2. The summed E-state index contributed by atoms with van der Waals surface area (Å²) in [5.41, 5.74) is 2.32. The number of unbranched alkanes of at least 4 members (excludes halogenated alkanes) is 5. The van der Waals surface area contributed by atoms with Gasteiger partial charge in [0, 0.05) is 18.3 Å². The molecule has 0 saturated carbocycles. The van der Waals surface area contributed by atoms with E-state index in [4.69, 9.17) is 9.47 Å². The Morgan fingerprint density at radius 3 is 2.11 bits per heavy atom. The summed E-state index contributed by atoms with van der Waals surface area (Å²) in [4.78, 5) is 0. The van der Waals surface area contributed by atoms with Crippen LogP contribution in [-0.2, 0) is 6.54 Å². The predicted octanol–water partition coefficient (Wildman–Crippen LogP) is 6.83. The molecule has 2 rings (SSSR count). The van der Waals surface area contributed by atoms with Gasteiger partial charge in [-0.1, -0.05) is 64.2 Å². The lowest BCUT2D eigenvalue weighted by atomic mass is 10.2. The lowest BCUT2D eigenvalue weighted by Crippen LogP contribution is -2.01. The zero-order valence-corrected chi connectivity index (χ0v) is 17.0. The molecule has 3 nitrogen and oxygen atoms in total. The van der Waals surface area contributed by atoms with E-state index in [1.54, 1.807) is 0 Å². The van der Waals surface area contributed by atoms with Crippen molar-refractivity contribution >= 4 is 5.69 Å². The first kappa shape index (κ1) is 21.1. The minimum atomic E-state index is 0.788. The summed E-state index contributed by atoms with van der Waals surface area (Å²) in [6.45, 7) is 6.82. The Balaban J connectivity index is 1.73. The highest BCUT2D eigenvalue weighted by atomic mass is 16.5. The van der Waals surface area contributed by atoms with Crippen molar-refractivity contribution in [1.29, 1.82) is 0 Å². The molecule has 148 valence electrons. The van der Waals surface area contributed by atoms with E-state index in [0.29, 0.717) is 0 Å². The third-order valence-electron chi connectivity index (χ3n) is 4.54. The van der Waals surface area contributed by atoms with Crippen molar-refractivity contribution in [2.75, 3.05) is 18.5 Å². The second-order valence-electron chi connectivity index (χ2n) is 6.99. The SMILES string of the molecule is CCCCCCOc1cccc(NCc2ccc(OCCCCC)cc2)c1.